The molecule has 5 heteroatoms. The lowest BCUT2D eigenvalue weighted by atomic mass is 9.91. The van der Waals surface area contributed by atoms with Gasteiger partial charge in [0, 0.05) is 24.2 Å². The molecule has 1 saturated heterocycles. The van der Waals surface area contributed by atoms with Crippen LogP contribution >= 0.6 is 0 Å². The normalized spacial score (nSPS) is 18.1. The molecule has 0 bridgehead atoms. The Balaban J connectivity index is 1.86. The van der Waals surface area contributed by atoms with Crippen molar-refractivity contribution in [2.75, 3.05) is 25.5 Å². The molecule has 0 spiro atoms. The van der Waals surface area contributed by atoms with Crippen molar-refractivity contribution >= 4 is 22.5 Å². The summed E-state index contributed by atoms with van der Waals surface area (Å²) >= 11 is 0. The number of ether oxygens (including phenoxy) is 1. The number of benzene rings is 1. The highest BCUT2D eigenvalue weighted by molar-refractivity contribution is 6.04. The van der Waals surface area contributed by atoms with Gasteiger partial charge in [-0.05, 0) is 44.1 Å². The Morgan fingerprint density at radius 1 is 1.30 bits per heavy atom. The number of amides is 1. The summed E-state index contributed by atoms with van der Waals surface area (Å²) in [6.07, 6.45) is 3.26. The van der Waals surface area contributed by atoms with Gasteiger partial charge in [0.25, 0.3) is 5.91 Å². The molecule has 3 rings (SSSR count). The lowest BCUT2D eigenvalue weighted by Crippen LogP contribution is -2.51. The first-order valence-corrected chi connectivity index (χ1v) is 6.89. The molecule has 0 atom stereocenters. The number of piperidine rings is 1. The van der Waals surface area contributed by atoms with Gasteiger partial charge in [0.2, 0.25) is 0 Å². The van der Waals surface area contributed by atoms with E-state index in [2.05, 4.69) is 15.6 Å². The quantitative estimate of drug-likeness (QED) is 0.800. The molecule has 20 heavy (non-hydrogen) atoms. The van der Waals surface area contributed by atoms with Crippen LogP contribution in [0.25, 0.3) is 10.9 Å². The average molecular weight is 273 g/mol. The summed E-state index contributed by atoms with van der Waals surface area (Å²) in [6.45, 7) is 1.60. The van der Waals surface area contributed by atoms with Gasteiger partial charge in [0.1, 0.15) is 5.60 Å². The van der Waals surface area contributed by atoms with Gasteiger partial charge < -0.3 is 20.4 Å². The van der Waals surface area contributed by atoms with E-state index in [9.17, 15) is 4.79 Å². The molecule has 2 heterocycles. The fourth-order valence-corrected chi connectivity index (χ4v) is 2.79. The van der Waals surface area contributed by atoms with Gasteiger partial charge >= 0.3 is 0 Å². The highest BCUT2D eigenvalue weighted by Gasteiger charge is 2.39. The molecule has 1 fully saturated rings. The van der Waals surface area contributed by atoms with Crippen LogP contribution < -0.4 is 10.6 Å². The zero-order chi connectivity index (χ0) is 14.0. The third-order valence-electron chi connectivity index (χ3n) is 4.06. The third kappa shape index (κ3) is 2.19. The summed E-state index contributed by atoms with van der Waals surface area (Å²) in [5.74, 6) is -0.0600. The molecule has 106 valence electrons. The molecule has 3 N–H and O–H groups in total. The first-order chi connectivity index (χ1) is 9.75. The van der Waals surface area contributed by atoms with Crippen molar-refractivity contribution in [2.24, 2.45) is 0 Å². The van der Waals surface area contributed by atoms with Gasteiger partial charge in [0.05, 0.1) is 5.69 Å². The van der Waals surface area contributed by atoms with Crippen LogP contribution in [0.1, 0.15) is 12.8 Å². The smallest absolute Gasteiger partial charge is 0.256 e. The Kier molecular flexibility index (Phi) is 3.46. The molecule has 1 amide bonds. The number of nitrogens with one attached hydrogen (secondary N) is 3. The first kappa shape index (κ1) is 13.1. The molecular formula is C15H19N3O2. The summed E-state index contributed by atoms with van der Waals surface area (Å²) in [7, 11) is 1.61. The van der Waals surface area contributed by atoms with Crippen molar-refractivity contribution in [2.45, 2.75) is 18.4 Å². The minimum Gasteiger partial charge on any atom is -0.368 e. The topological polar surface area (TPSA) is 66.1 Å². The van der Waals surface area contributed by atoms with Crippen molar-refractivity contribution in [3.63, 3.8) is 0 Å². The van der Waals surface area contributed by atoms with E-state index in [4.69, 9.17) is 4.74 Å². The highest BCUT2D eigenvalue weighted by Crippen LogP contribution is 2.27. The summed E-state index contributed by atoms with van der Waals surface area (Å²) in [4.78, 5) is 15.8. The number of carbonyl (C=O) groups excluding carboxylic acids is 1. The number of methoxy groups -OCH3 is 1. The Hall–Kier alpha value is -1.85. The maximum absolute atomic E-state index is 12.6. The second-order valence-electron chi connectivity index (χ2n) is 5.15. The van der Waals surface area contributed by atoms with Gasteiger partial charge in [0.15, 0.2) is 0 Å². The van der Waals surface area contributed by atoms with E-state index in [1.807, 2.05) is 30.5 Å². The van der Waals surface area contributed by atoms with Gasteiger partial charge in [-0.3, -0.25) is 4.79 Å². The van der Waals surface area contributed by atoms with Gasteiger partial charge in [-0.1, -0.05) is 6.07 Å². The van der Waals surface area contributed by atoms with Crippen LogP contribution in [0.15, 0.2) is 30.5 Å². The van der Waals surface area contributed by atoms with Gasteiger partial charge in [-0.15, -0.1) is 0 Å². The molecule has 0 unspecified atom stereocenters. The van der Waals surface area contributed by atoms with E-state index in [1.54, 1.807) is 7.11 Å². The summed E-state index contributed by atoms with van der Waals surface area (Å²) in [6, 6.07) is 7.79. The molecule has 0 radical (unpaired) electrons. The van der Waals surface area contributed by atoms with E-state index >= 15 is 0 Å². The number of hydrogen-bond donors (Lipinski definition) is 3. The van der Waals surface area contributed by atoms with Crippen molar-refractivity contribution in [1.82, 2.24) is 10.3 Å². The minimum atomic E-state index is -0.719. The van der Waals surface area contributed by atoms with Crippen LogP contribution in [0.4, 0.5) is 5.69 Å². The summed E-state index contributed by atoms with van der Waals surface area (Å²) in [5.41, 5.74) is 1.12. The number of H-pyrrole nitrogens is 1. The monoisotopic (exact) mass is 273 g/mol. The molecule has 1 aromatic heterocycles. The highest BCUT2D eigenvalue weighted by atomic mass is 16.5. The Morgan fingerprint density at radius 2 is 2.10 bits per heavy atom. The number of carbonyl (C=O) groups is 1. The number of fused-ring (bicyclic) bond motifs is 1. The molecular weight excluding hydrogens is 254 g/mol. The maximum atomic E-state index is 12.6. The first-order valence-electron chi connectivity index (χ1n) is 6.89. The lowest BCUT2D eigenvalue weighted by molar-refractivity contribution is -0.140. The summed E-state index contributed by atoms with van der Waals surface area (Å²) in [5, 5.41) is 7.29. The molecule has 1 aliphatic rings. The predicted octanol–water partition coefficient (Wildman–Crippen LogP) is 1.88. The number of aromatic amines is 1. The fourth-order valence-electron chi connectivity index (χ4n) is 2.79. The van der Waals surface area contributed by atoms with E-state index in [1.165, 1.54) is 0 Å². The summed E-state index contributed by atoms with van der Waals surface area (Å²) < 4.78 is 5.55. The molecule has 1 aromatic carbocycles. The lowest BCUT2D eigenvalue weighted by Gasteiger charge is -2.34. The molecule has 5 nitrogen and oxygen atoms in total. The number of aromatic nitrogens is 1. The third-order valence-corrected chi connectivity index (χ3v) is 4.06. The van der Waals surface area contributed by atoms with Crippen LogP contribution in [-0.2, 0) is 9.53 Å². The molecule has 2 aromatic rings. The second-order valence-corrected chi connectivity index (χ2v) is 5.15. The zero-order valence-corrected chi connectivity index (χ0v) is 11.5. The molecule has 0 saturated carbocycles. The SMILES string of the molecule is COC1(C(=O)Nc2cccc3[nH]ccc23)CCNCC1. The van der Waals surface area contributed by atoms with Gasteiger partial charge in [-0.2, -0.15) is 0 Å². The Morgan fingerprint density at radius 3 is 2.85 bits per heavy atom. The minimum absolute atomic E-state index is 0.0600. The van der Waals surface area contributed by atoms with Crippen molar-refractivity contribution in [3.05, 3.63) is 30.5 Å². The van der Waals surface area contributed by atoms with Crippen molar-refractivity contribution in [3.8, 4) is 0 Å². The van der Waals surface area contributed by atoms with Crippen molar-refractivity contribution in [1.29, 1.82) is 0 Å². The molecule has 0 aliphatic carbocycles. The number of anilines is 1. The van der Waals surface area contributed by atoms with Crippen molar-refractivity contribution < 1.29 is 9.53 Å². The van der Waals surface area contributed by atoms with Crippen LogP contribution in [0.5, 0.6) is 0 Å². The van der Waals surface area contributed by atoms with E-state index in [0.29, 0.717) is 12.8 Å². The van der Waals surface area contributed by atoms with Crippen LogP contribution in [0, 0.1) is 0 Å². The van der Waals surface area contributed by atoms with E-state index in [0.717, 1.165) is 29.7 Å². The molecule has 1 aliphatic heterocycles. The average Bonchev–Trinajstić information content (AvgIpc) is 2.97. The second kappa shape index (κ2) is 5.26. The van der Waals surface area contributed by atoms with Crippen LogP contribution in [0.3, 0.4) is 0 Å². The van der Waals surface area contributed by atoms with Crippen LogP contribution in [-0.4, -0.2) is 36.7 Å². The number of rotatable bonds is 3. The maximum Gasteiger partial charge on any atom is 0.256 e. The number of hydrogen-bond acceptors (Lipinski definition) is 3. The Labute approximate surface area is 117 Å². The van der Waals surface area contributed by atoms with Gasteiger partial charge in [-0.25, -0.2) is 0 Å². The van der Waals surface area contributed by atoms with E-state index < -0.39 is 5.60 Å². The zero-order valence-electron chi connectivity index (χ0n) is 11.5. The largest absolute Gasteiger partial charge is 0.368 e. The predicted molar refractivity (Wildman–Crippen MR) is 78.8 cm³/mol. The fraction of sp³-hybridized carbons (Fsp3) is 0.400. The van der Waals surface area contributed by atoms with Crippen LogP contribution in [0.2, 0.25) is 0 Å². The Bertz CT molecular complexity index is 614. The standard InChI is InChI=1S/C15H19N3O2/c1-20-15(6-9-16-10-7-15)14(19)18-13-4-2-3-12-11(13)5-8-17-12/h2-5,8,16-17H,6-7,9-10H2,1H3,(H,18,19). The van der Waals surface area contributed by atoms with E-state index in [-0.39, 0.29) is 5.91 Å².